The van der Waals surface area contributed by atoms with E-state index in [-0.39, 0.29) is 29.7 Å². The van der Waals surface area contributed by atoms with Crippen molar-refractivity contribution in [3.63, 3.8) is 0 Å². The highest BCUT2D eigenvalue weighted by Crippen LogP contribution is 2.33. The van der Waals surface area contributed by atoms with Gasteiger partial charge in [0.25, 0.3) is 5.91 Å². The fraction of sp³-hybridized carbons (Fsp3) is 0.548. The molecule has 7 heteroatoms. The van der Waals surface area contributed by atoms with Crippen molar-refractivity contribution in [2.24, 2.45) is 11.8 Å². The minimum atomic E-state index is -0.209. The van der Waals surface area contributed by atoms with Gasteiger partial charge in [-0.2, -0.15) is 0 Å². The van der Waals surface area contributed by atoms with Crippen molar-refractivity contribution >= 4 is 17.5 Å². The number of nitrogens with one attached hydrogen (secondary N) is 3. The summed E-state index contributed by atoms with van der Waals surface area (Å²) in [4.78, 5) is 30.7. The normalized spacial score (nSPS) is 22.3. The maximum Gasteiger partial charge on any atom is 0.251 e. The number of carbonyl (C=O) groups is 2. The Labute approximate surface area is 228 Å². The molecule has 3 unspecified atom stereocenters. The standard InChI is InChI=1S/C31H45N5O2/c1-20-15-21(2)34-31(38)28(20)18-33-30(37)27-16-25(24-9-7-23(8-10-24)19-35(4)5)17-29(22(27)3)36(6)26-11-13-32-14-12-26/h7-10,16-17,20-21,26,28,32H,11-15,18-19H2,1-6H3,(H,33,37)(H,34,38). The molecule has 0 bridgehead atoms. The van der Waals surface area contributed by atoms with Crippen molar-refractivity contribution < 1.29 is 9.59 Å². The van der Waals surface area contributed by atoms with Crippen LogP contribution in [0.3, 0.4) is 0 Å². The van der Waals surface area contributed by atoms with Gasteiger partial charge in [-0.1, -0.05) is 31.2 Å². The maximum absolute atomic E-state index is 13.6. The summed E-state index contributed by atoms with van der Waals surface area (Å²) in [5.74, 6) is -0.0631. The Morgan fingerprint density at radius 3 is 2.34 bits per heavy atom. The first-order valence-electron chi connectivity index (χ1n) is 14.0. The molecular formula is C31H45N5O2. The van der Waals surface area contributed by atoms with Crippen LogP contribution >= 0.6 is 0 Å². The molecule has 0 aromatic heterocycles. The summed E-state index contributed by atoms with van der Waals surface area (Å²) in [6.45, 7) is 9.43. The topological polar surface area (TPSA) is 76.7 Å². The van der Waals surface area contributed by atoms with Crippen LogP contribution in [-0.2, 0) is 11.3 Å². The Kier molecular flexibility index (Phi) is 9.11. The fourth-order valence-electron chi connectivity index (χ4n) is 6.01. The molecule has 2 aromatic carbocycles. The molecular weight excluding hydrogens is 474 g/mol. The van der Waals surface area contributed by atoms with Crippen LogP contribution in [0.15, 0.2) is 36.4 Å². The second-order valence-corrected chi connectivity index (χ2v) is 11.6. The molecule has 3 atom stereocenters. The highest BCUT2D eigenvalue weighted by Gasteiger charge is 2.32. The number of hydrogen-bond acceptors (Lipinski definition) is 5. The lowest BCUT2D eigenvalue weighted by molar-refractivity contribution is -0.129. The third kappa shape index (κ3) is 6.56. The molecule has 4 rings (SSSR count). The Balaban J connectivity index is 1.64. The van der Waals surface area contributed by atoms with Crippen molar-refractivity contribution in [2.75, 3.05) is 45.7 Å². The van der Waals surface area contributed by atoms with Crippen molar-refractivity contribution in [3.05, 3.63) is 53.1 Å². The smallest absolute Gasteiger partial charge is 0.251 e. The molecule has 2 heterocycles. The predicted molar refractivity (Wildman–Crippen MR) is 156 cm³/mol. The summed E-state index contributed by atoms with van der Waals surface area (Å²) >= 11 is 0. The summed E-state index contributed by atoms with van der Waals surface area (Å²) in [5, 5.41) is 9.60. The minimum Gasteiger partial charge on any atom is -0.371 e. The van der Waals surface area contributed by atoms with Gasteiger partial charge in [0.15, 0.2) is 0 Å². The van der Waals surface area contributed by atoms with E-state index in [4.69, 9.17) is 0 Å². The number of nitrogens with zero attached hydrogens (tertiary/aromatic N) is 2. The lowest BCUT2D eigenvalue weighted by Gasteiger charge is -2.35. The van der Waals surface area contributed by atoms with E-state index in [1.54, 1.807) is 0 Å². The van der Waals surface area contributed by atoms with Crippen molar-refractivity contribution in [1.82, 2.24) is 20.9 Å². The third-order valence-electron chi connectivity index (χ3n) is 8.27. The first-order chi connectivity index (χ1) is 18.1. The second-order valence-electron chi connectivity index (χ2n) is 11.6. The van der Waals surface area contributed by atoms with Gasteiger partial charge in [0, 0.05) is 43.5 Å². The summed E-state index contributed by atoms with van der Waals surface area (Å²) in [6.07, 6.45) is 3.08. The zero-order chi connectivity index (χ0) is 27.4. The molecule has 206 valence electrons. The largest absolute Gasteiger partial charge is 0.371 e. The van der Waals surface area contributed by atoms with Crippen LogP contribution in [-0.4, -0.2) is 69.6 Å². The second kappa shape index (κ2) is 12.3. The van der Waals surface area contributed by atoms with E-state index in [0.29, 0.717) is 18.2 Å². The van der Waals surface area contributed by atoms with E-state index in [2.05, 4.69) is 84.1 Å². The van der Waals surface area contributed by atoms with Gasteiger partial charge in [0.1, 0.15) is 0 Å². The van der Waals surface area contributed by atoms with Crippen LogP contribution in [0.5, 0.6) is 0 Å². The van der Waals surface area contributed by atoms with Crippen LogP contribution < -0.4 is 20.9 Å². The maximum atomic E-state index is 13.6. The van der Waals surface area contributed by atoms with Gasteiger partial charge in [-0.15, -0.1) is 0 Å². The van der Waals surface area contributed by atoms with Gasteiger partial charge >= 0.3 is 0 Å². The molecule has 0 aliphatic carbocycles. The minimum absolute atomic E-state index is 0.0335. The average molecular weight is 520 g/mol. The summed E-state index contributed by atoms with van der Waals surface area (Å²) < 4.78 is 0. The van der Waals surface area contributed by atoms with Crippen LogP contribution in [0.2, 0.25) is 0 Å². The van der Waals surface area contributed by atoms with Crippen molar-refractivity contribution in [3.8, 4) is 11.1 Å². The van der Waals surface area contributed by atoms with E-state index in [9.17, 15) is 9.59 Å². The number of rotatable bonds is 8. The van der Waals surface area contributed by atoms with Gasteiger partial charge in [0.2, 0.25) is 5.91 Å². The monoisotopic (exact) mass is 519 g/mol. The number of hydrogen-bond donors (Lipinski definition) is 3. The zero-order valence-corrected chi connectivity index (χ0v) is 23.9. The van der Waals surface area contributed by atoms with E-state index in [1.807, 2.05) is 19.9 Å². The summed E-state index contributed by atoms with van der Waals surface area (Å²) in [7, 11) is 6.29. The Hall–Kier alpha value is -2.90. The first kappa shape index (κ1) is 28.1. The molecule has 2 aliphatic rings. The van der Waals surface area contributed by atoms with Crippen molar-refractivity contribution in [1.29, 1.82) is 0 Å². The van der Waals surface area contributed by atoms with Gasteiger partial charge in [0.05, 0.1) is 5.92 Å². The zero-order valence-electron chi connectivity index (χ0n) is 23.9. The molecule has 7 nitrogen and oxygen atoms in total. The van der Waals surface area contributed by atoms with Crippen LogP contribution in [0.25, 0.3) is 11.1 Å². The molecule has 3 N–H and O–H groups in total. The highest BCUT2D eigenvalue weighted by atomic mass is 16.2. The SMILES string of the molecule is Cc1c(C(=O)NCC2C(=O)NC(C)CC2C)cc(-c2ccc(CN(C)C)cc2)cc1N(C)C1CCNCC1. The molecule has 2 aliphatic heterocycles. The quantitative estimate of drug-likeness (QED) is 0.495. The number of benzene rings is 2. The Bertz CT molecular complexity index is 1120. The number of anilines is 1. The fourth-order valence-corrected chi connectivity index (χ4v) is 6.01. The van der Waals surface area contributed by atoms with E-state index < -0.39 is 0 Å². The number of carbonyl (C=O) groups excluding carboxylic acids is 2. The molecule has 2 aromatic rings. The molecule has 0 saturated carbocycles. The first-order valence-corrected chi connectivity index (χ1v) is 14.0. The Morgan fingerprint density at radius 1 is 1.03 bits per heavy atom. The third-order valence-corrected chi connectivity index (χ3v) is 8.27. The highest BCUT2D eigenvalue weighted by molar-refractivity contribution is 5.99. The van der Waals surface area contributed by atoms with Crippen LogP contribution in [0, 0.1) is 18.8 Å². The molecule has 38 heavy (non-hydrogen) atoms. The molecule has 0 radical (unpaired) electrons. The average Bonchev–Trinajstić information content (AvgIpc) is 2.88. The van der Waals surface area contributed by atoms with Gasteiger partial charge in [-0.3, -0.25) is 9.59 Å². The van der Waals surface area contributed by atoms with E-state index in [0.717, 1.165) is 61.3 Å². The van der Waals surface area contributed by atoms with E-state index >= 15 is 0 Å². The molecule has 0 spiro atoms. The summed E-state index contributed by atoms with van der Waals surface area (Å²) in [6, 6.07) is 13.5. The van der Waals surface area contributed by atoms with Gasteiger partial charge in [-0.05, 0) is 101 Å². The summed E-state index contributed by atoms with van der Waals surface area (Å²) in [5.41, 5.74) is 6.13. The van der Waals surface area contributed by atoms with Crippen LogP contribution in [0.1, 0.15) is 54.6 Å². The number of amides is 2. The molecule has 2 saturated heterocycles. The van der Waals surface area contributed by atoms with Crippen LogP contribution in [0.4, 0.5) is 5.69 Å². The van der Waals surface area contributed by atoms with E-state index in [1.165, 1.54) is 5.56 Å². The molecule has 2 fully saturated rings. The van der Waals surface area contributed by atoms with Crippen molar-refractivity contribution in [2.45, 2.75) is 58.7 Å². The van der Waals surface area contributed by atoms with Gasteiger partial charge in [-0.25, -0.2) is 0 Å². The lowest BCUT2D eigenvalue weighted by Crippen LogP contribution is -2.50. The predicted octanol–water partition coefficient (Wildman–Crippen LogP) is 3.80. The van der Waals surface area contributed by atoms with Gasteiger partial charge < -0.3 is 25.8 Å². The Morgan fingerprint density at radius 2 is 1.71 bits per heavy atom. The lowest BCUT2D eigenvalue weighted by atomic mass is 9.84. The number of piperidine rings is 2. The molecule has 2 amide bonds.